The van der Waals surface area contributed by atoms with Crippen LogP contribution in [0, 0.1) is 0 Å². The minimum Gasteiger partial charge on any atom is -0.467 e. The van der Waals surface area contributed by atoms with Gasteiger partial charge in [-0.05, 0) is 49.7 Å². The molecular weight excluding hydrogens is 370 g/mol. The molecule has 2 N–H and O–H groups in total. The summed E-state index contributed by atoms with van der Waals surface area (Å²) in [5, 5.41) is 2.61. The Bertz CT molecular complexity index is 907. The first-order chi connectivity index (χ1) is 12.9. The maximum Gasteiger partial charge on any atom is 0.241 e. The van der Waals surface area contributed by atoms with Gasteiger partial charge in [0, 0.05) is 18.7 Å². The minimum atomic E-state index is -3.87. The molecule has 2 amide bonds. The first kappa shape index (κ1) is 19.1. The molecule has 1 aromatic carbocycles. The summed E-state index contributed by atoms with van der Waals surface area (Å²) in [5.74, 6) is 0.144. The van der Waals surface area contributed by atoms with Crippen molar-refractivity contribution in [1.29, 1.82) is 0 Å². The molecule has 0 aliphatic carbocycles. The third kappa shape index (κ3) is 4.55. The summed E-state index contributed by atoms with van der Waals surface area (Å²) >= 11 is 0. The lowest BCUT2D eigenvalue weighted by molar-refractivity contribution is -0.122. The van der Waals surface area contributed by atoms with Gasteiger partial charge in [0.25, 0.3) is 0 Å². The summed E-state index contributed by atoms with van der Waals surface area (Å²) < 4.78 is 32.4. The van der Waals surface area contributed by atoms with Crippen LogP contribution in [-0.4, -0.2) is 32.8 Å². The molecule has 2 heterocycles. The number of anilines is 1. The van der Waals surface area contributed by atoms with Gasteiger partial charge in [-0.2, -0.15) is 4.72 Å². The quantitative estimate of drug-likeness (QED) is 0.741. The topological polar surface area (TPSA) is 109 Å². The van der Waals surface area contributed by atoms with Gasteiger partial charge < -0.3 is 14.6 Å². The van der Waals surface area contributed by atoms with Gasteiger partial charge in [-0.15, -0.1) is 0 Å². The first-order valence-electron chi connectivity index (χ1n) is 8.60. The molecule has 3 rings (SSSR count). The molecule has 1 aromatic heterocycles. The average Bonchev–Trinajstić information content (AvgIpc) is 3.31. The van der Waals surface area contributed by atoms with E-state index in [2.05, 4.69) is 10.0 Å². The summed E-state index contributed by atoms with van der Waals surface area (Å²) in [5.41, 5.74) is 0.667. The van der Waals surface area contributed by atoms with E-state index in [1.807, 2.05) is 0 Å². The fourth-order valence-electron chi connectivity index (χ4n) is 2.82. The summed E-state index contributed by atoms with van der Waals surface area (Å²) in [7, 11) is -3.87. The molecule has 1 saturated heterocycles. The van der Waals surface area contributed by atoms with Gasteiger partial charge in [0.1, 0.15) is 5.76 Å². The van der Waals surface area contributed by atoms with Crippen molar-refractivity contribution in [3.8, 4) is 0 Å². The molecule has 27 heavy (non-hydrogen) atoms. The molecule has 1 aliphatic heterocycles. The zero-order chi connectivity index (χ0) is 19.4. The summed E-state index contributed by atoms with van der Waals surface area (Å²) in [6, 6.07) is 8.51. The summed E-state index contributed by atoms with van der Waals surface area (Å²) in [6.45, 7) is 2.28. The van der Waals surface area contributed by atoms with Crippen LogP contribution < -0.4 is 14.9 Å². The van der Waals surface area contributed by atoms with Gasteiger partial charge in [-0.1, -0.05) is 0 Å². The lowest BCUT2D eigenvalue weighted by Gasteiger charge is -2.17. The highest BCUT2D eigenvalue weighted by Crippen LogP contribution is 2.23. The molecule has 9 heteroatoms. The second-order valence-corrected chi connectivity index (χ2v) is 8.00. The predicted molar refractivity (Wildman–Crippen MR) is 98.4 cm³/mol. The number of hydrogen-bond acceptors (Lipinski definition) is 5. The Morgan fingerprint density at radius 1 is 1.26 bits per heavy atom. The van der Waals surface area contributed by atoms with Crippen LogP contribution in [0.15, 0.2) is 52.0 Å². The van der Waals surface area contributed by atoms with E-state index >= 15 is 0 Å². The van der Waals surface area contributed by atoms with Gasteiger partial charge in [-0.25, -0.2) is 8.42 Å². The highest BCUT2D eigenvalue weighted by Gasteiger charge is 2.24. The Kier molecular flexibility index (Phi) is 5.62. The second kappa shape index (κ2) is 7.93. The number of hydrogen-bond donors (Lipinski definition) is 2. The van der Waals surface area contributed by atoms with E-state index in [1.165, 1.54) is 25.3 Å². The third-order valence-electron chi connectivity index (χ3n) is 4.27. The predicted octanol–water partition coefficient (Wildman–Crippen LogP) is 1.39. The normalized spacial score (nSPS) is 15.7. The fraction of sp³-hybridized carbons (Fsp3) is 0.333. The van der Waals surface area contributed by atoms with Gasteiger partial charge >= 0.3 is 0 Å². The number of nitrogens with one attached hydrogen (secondary N) is 2. The van der Waals surface area contributed by atoms with Crippen molar-refractivity contribution in [3.05, 3.63) is 48.4 Å². The zero-order valence-electron chi connectivity index (χ0n) is 14.8. The van der Waals surface area contributed by atoms with Crippen LogP contribution in [0.5, 0.6) is 0 Å². The molecule has 0 saturated carbocycles. The molecule has 1 atom stereocenters. The fourth-order valence-corrected chi connectivity index (χ4v) is 4.02. The van der Waals surface area contributed by atoms with Crippen LogP contribution in [0.1, 0.15) is 25.5 Å². The van der Waals surface area contributed by atoms with Crippen LogP contribution in [0.2, 0.25) is 0 Å². The molecule has 0 radical (unpaired) electrons. The van der Waals surface area contributed by atoms with E-state index in [4.69, 9.17) is 4.42 Å². The monoisotopic (exact) mass is 391 g/mol. The standard InChI is InChI=1S/C18H21N3O5S/c1-13(18(23)19-12-15-4-3-11-26-15)20-27(24,25)16-8-6-14(7-9-16)21-10-2-5-17(21)22/h3-4,6-9,11,13,20H,2,5,10,12H2,1H3,(H,19,23)/t13-/m0/s1. The minimum absolute atomic E-state index is 0.0311. The van der Waals surface area contributed by atoms with Gasteiger partial charge in [-0.3, -0.25) is 9.59 Å². The summed E-state index contributed by atoms with van der Waals surface area (Å²) in [4.78, 5) is 25.5. The number of carbonyl (C=O) groups is 2. The Morgan fingerprint density at radius 3 is 2.59 bits per heavy atom. The van der Waals surface area contributed by atoms with Crippen LogP contribution in [-0.2, 0) is 26.2 Å². The van der Waals surface area contributed by atoms with Crippen LogP contribution >= 0.6 is 0 Å². The Morgan fingerprint density at radius 2 is 2.00 bits per heavy atom. The Hall–Kier alpha value is -2.65. The molecule has 8 nitrogen and oxygen atoms in total. The number of benzene rings is 1. The lowest BCUT2D eigenvalue weighted by Crippen LogP contribution is -2.44. The highest BCUT2D eigenvalue weighted by atomic mass is 32.2. The zero-order valence-corrected chi connectivity index (χ0v) is 15.7. The van der Waals surface area contributed by atoms with E-state index in [0.29, 0.717) is 24.4 Å². The molecule has 1 aliphatic rings. The molecule has 0 spiro atoms. The largest absolute Gasteiger partial charge is 0.467 e. The van der Waals surface area contributed by atoms with E-state index in [1.54, 1.807) is 29.2 Å². The molecule has 1 fully saturated rings. The first-order valence-corrected chi connectivity index (χ1v) is 10.1. The van der Waals surface area contributed by atoms with Gasteiger partial charge in [0.2, 0.25) is 21.8 Å². The molecule has 0 unspecified atom stereocenters. The molecule has 2 aromatic rings. The van der Waals surface area contributed by atoms with Crippen molar-refractivity contribution in [2.45, 2.75) is 37.2 Å². The van der Waals surface area contributed by atoms with E-state index < -0.39 is 22.0 Å². The smallest absolute Gasteiger partial charge is 0.241 e. The van der Waals surface area contributed by atoms with Crippen molar-refractivity contribution in [2.24, 2.45) is 0 Å². The number of carbonyl (C=O) groups excluding carboxylic acids is 2. The maximum atomic E-state index is 12.5. The number of nitrogens with zero attached hydrogens (tertiary/aromatic N) is 1. The summed E-state index contributed by atoms with van der Waals surface area (Å²) in [6.07, 6.45) is 2.80. The number of amides is 2. The van der Waals surface area contributed by atoms with Crippen LogP contribution in [0.3, 0.4) is 0 Å². The van der Waals surface area contributed by atoms with E-state index in [9.17, 15) is 18.0 Å². The molecular formula is C18H21N3O5S. The van der Waals surface area contributed by atoms with Crippen LogP contribution in [0.4, 0.5) is 5.69 Å². The second-order valence-electron chi connectivity index (χ2n) is 6.28. The van der Waals surface area contributed by atoms with Crippen molar-refractivity contribution >= 4 is 27.5 Å². The van der Waals surface area contributed by atoms with Gasteiger partial charge in [0.05, 0.1) is 23.7 Å². The van der Waals surface area contributed by atoms with E-state index in [-0.39, 0.29) is 17.3 Å². The van der Waals surface area contributed by atoms with Crippen molar-refractivity contribution < 1.29 is 22.4 Å². The van der Waals surface area contributed by atoms with Crippen LogP contribution in [0.25, 0.3) is 0 Å². The van der Waals surface area contributed by atoms with Gasteiger partial charge in [0.15, 0.2) is 0 Å². The maximum absolute atomic E-state index is 12.5. The van der Waals surface area contributed by atoms with E-state index in [0.717, 1.165) is 6.42 Å². The van der Waals surface area contributed by atoms with Crippen molar-refractivity contribution in [3.63, 3.8) is 0 Å². The Balaban J connectivity index is 1.61. The van der Waals surface area contributed by atoms with Crippen molar-refractivity contribution in [2.75, 3.05) is 11.4 Å². The lowest BCUT2D eigenvalue weighted by atomic mass is 10.3. The average molecular weight is 391 g/mol. The Labute approximate surface area is 157 Å². The number of furan rings is 1. The third-order valence-corrected chi connectivity index (χ3v) is 5.83. The SMILES string of the molecule is C[C@H](NS(=O)(=O)c1ccc(N2CCCC2=O)cc1)C(=O)NCc1ccco1. The number of rotatable bonds is 7. The van der Waals surface area contributed by atoms with Crippen molar-refractivity contribution in [1.82, 2.24) is 10.0 Å². The highest BCUT2D eigenvalue weighted by molar-refractivity contribution is 7.89. The molecule has 0 bridgehead atoms. The molecule has 144 valence electrons. The number of sulfonamides is 1.